The fourth-order valence-corrected chi connectivity index (χ4v) is 3.69. The molecule has 2 heterocycles. The van der Waals surface area contributed by atoms with Gasteiger partial charge in [0.25, 0.3) is 5.91 Å². The number of nitrogens with one attached hydrogen (secondary N) is 1. The second kappa shape index (κ2) is 5.74. The van der Waals surface area contributed by atoms with E-state index >= 15 is 0 Å². The van der Waals surface area contributed by atoms with Crippen LogP contribution in [0.1, 0.15) is 34.1 Å². The molecule has 1 fully saturated rings. The number of hydrogen-bond donors (Lipinski definition) is 1. The SMILES string of the molecule is COc1cccc(CNC(=O)c2cc3cn(C4CC4)cc3s2)c1. The average molecular weight is 326 g/mol. The predicted molar refractivity (Wildman–Crippen MR) is 92.3 cm³/mol. The highest BCUT2D eigenvalue weighted by molar-refractivity contribution is 7.20. The first kappa shape index (κ1) is 14.3. The predicted octanol–water partition coefficient (Wildman–Crippen LogP) is 3.98. The lowest BCUT2D eigenvalue weighted by molar-refractivity contribution is 0.0955. The Labute approximate surface area is 138 Å². The number of aromatic nitrogens is 1. The summed E-state index contributed by atoms with van der Waals surface area (Å²) in [6, 6.07) is 10.4. The van der Waals surface area contributed by atoms with E-state index in [1.165, 1.54) is 17.5 Å². The van der Waals surface area contributed by atoms with E-state index in [-0.39, 0.29) is 5.91 Å². The number of methoxy groups -OCH3 is 1. The first-order chi connectivity index (χ1) is 11.2. The lowest BCUT2D eigenvalue weighted by atomic mass is 10.2. The Morgan fingerprint density at radius 1 is 1.35 bits per heavy atom. The maximum atomic E-state index is 12.3. The molecule has 0 atom stereocenters. The first-order valence-corrected chi connectivity index (χ1v) is 8.57. The van der Waals surface area contributed by atoms with Gasteiger partial charge in [-0.2, -0.15) is 0 Å². The van der Waals surface area contributed by atoms with Gasteiger partial charge in [0, 0.05) is 30.4 Å². The Balaban J connectivity index is 1.44. The van der Waals surface area contributed by atoms with Gasteiger partial charge in [0.2, 0.25) is 0 Å². The number of carbonyl (C=O) groups is 1. The molecule has 3 aromatic rings. The number of ether oxygens (including phenoxy) is 1. The fraction of sp³-hybridized carbons (Fsp3) is 0.278. The molecule has 4 rings (SSSR count). The molecule has 2 aromatic heterocycles. The lowest BCUT2D eigenvalue weighted by Crippen LogP contribution is -2.21. The Morgan fingerprint density at radius 3 is 2.96 bits per heavy atom. The van der Waals surface area contributed by atoms with Gasteiger partial charge in [-0.1, -0.05) is 12.1 Å². The Hall–Kier alpha value is -2.27. The molecule has 1 N–H and O–H groups in total. The Bertz CT molecular complexity index is 829. The fourth-order valence-electron chi connectivity index (χ4n) is 2.70. The second-order valence-electron chi connectivity index (χ2n) is 5.90. The van der Waals surface area contributed by atoms with Gasteiger partial charge in [-0.25, -0.2) is 0 Å². The summed E-state index contributed by atoms with van der Waals surface area (Å²) in [4.78, 5) is 13.1. The van der Waals surface area contributed by atoms with Crippen LogP contribution >= 0.6 is 11.3 Å². The Kier molecular flexibility index (Phi) is 3.58. The molecule has 0 saturated heterocycles. The van der Waals surface area contributed by atoms with Crippen molar-refractivity contribution in [1.29, 1.82) is 0 Å². The van der Waals surface area contributed by atoms with Gasteiger partial charge in [0.15, 0.2) is 0 Å². The number of amides is 1. The first-order valence-electron chi connectivity index (χ1n) is 7.75. The van der Waals surface area contributed by atoms with E-state index in [2.05, 4.69) is 22.3 Å². The molecule has 0 spiro atoms. The monoisotopic (exact) mass is 326 g/mol. The zero-order chi connectivity index (χ0) is 15.8. The van der Waals surface area contributed by atoms with Crippen molar-refractivity contribution in [3.05, 3.63) is 53.2 Å². The van der Waals surface area contributed by atoms with Gasteiger partial charge >= 0.3 is 0 Å². The van der Waals surface area contributed by atoms with Crippen LogP contribution in [0.5, 0.6) is 5.75 Å². The number of nitrogens with zero attached hydrogens (tertiary/aromatic N) is 1. The van der Waals surface area contributed by atoms with E-state index < -0.39 is 0 Å². The van der Waals surface area contributed by atoms with Crippen molar-refractivity contribution in [3.8, 4) is 5.75 Å². The molecule has 0 aliphatic heterocycles. The largest absolute Gasteiger partial charge is 0.497 e. The number of carbonyl (C=O) groups excluding carboxylic acids is 1. The smallest absolute Gasteiger partial charge is 0.261 e. The molecule has 0 radical (unpaired) electrons. The summed E-state index contributed by atoms with van der Waals surface area (Å²) >= 11 is 1.56. The van der Waals surface area contributed by atoms with Crippen LogP contribution in [0.4, 0.5) is 0 Å². The van der Waals surface area contributed by atoms with Crippen LogP contribution in [0, 0.1) is 0 Å². The number of rotatable bonds is 5. The van der Waals surface area contributed by atoms with Crippen LogP contribution in [-0.4, -0.2) is 17.6 Å². The minimum absolute atomic E-state index is 0.0213. The molecule has 0 bridgehead atoms. The molecule has 1 aromatic carbocycles. The van der Waals surface area contributed by atoms with Gasteiger partial charge in [-0.15, -0.1) is 11.3 Å². The molecule has 1 aliphatic rings. The summed E-state index contributed by atoms with van der Waals surface area (Å²) in [5, 5.41) is 4.14. The molecule has 5 heteroatoms. The van der Waals surface area contributed by atoms with Crippen molar-refractivity contribution in [2.75, 3.05) is 7.11 Å². The number of thiophene rings is 1. The standard InChI is InChI=1S/C18H18N2O2S/c1-22-15-4-2-3-12(7-15)9-19-18(21)16-8-13-10-20(14-5-6-14)11-17(13)23-16/h2-4,7-8,10-11,14H,5-6,9H2,1H3,(H,19,21). The third kappa shape index (κ3) is 2.97. The quantitative estimate of drug-likeness (QED) is 0.771. The number of benzene rings is 1. The van der Waals surface area contributed by atoms with Crippen molar-refractivity contribution in [3.63, 3.8) is 0 Å². The third-order valence-electron chi connectivity index (χ3n) is 4.13. The summed E-state index contributed by atoms with van der Waals surface area (Å²) in [5.41, 5.74) is 1.03. The molecular weight excluding hydrogens is 308 g/mol. The van der Waals surface area contributed by atoms with Crippen LogP contribution in [0.15, 0.2) is 42.7 Å². The van der Waals surface area contributed by atoms with E-state index in [0.29, 0.717) is 12.6 Å². The van der Waals surface area contributed by atoms with Gasteiger partial charge in [-0.05, 0) is 36.6 Å². The maximum absolute atomic E-state index is 12.3. The van der Waals surface area contributed by atoms with Crippen LogP contribution in [0.2, 0.25) is 0 Å². The number of fused-ring (bicyclic) bond motifs is 1. The van der Waals surface area contributed by atoms with Gasteiger partial charge < -0.3 is 14.6 Å². The van der Waals surface area contributed by atoms with Crippen molar-refractivity contribution in [1.82, 2.24) is 9.88 Å². The summed E-state index contributed by atoms with van der Waals surface area (Å²) < 4.78 is 8.66. The number of hydrogen-bond acceptors (Lipinski definition) is 3. The zero-order valence-electron chi connectivity index (χ0n) is 12.9. The molecule has 23 heavy (non-hydrogen) atoms. The minimum atomic E-state index is -0.0213. The van der Waals surface area contributed by atoms with Gasteiger partial charge in [0.1, 0.15) is 5.75 Å². The highest BCUT2D eigenvalue weighted by atomic mass is 32.1. The van der Waals surface area contributed by atoms with E-state index in [9.17, 15) is 4.79 Å². The molecule has 0 unspecified atom stereocenters. The van der Waals surface area contributed by atoms with E-state index in [0.717, 1.165) is 21.6 Å². The summed E-state index contributed by atoms with van der Waals surface area (Å²) in [6.45, 7) is 0.500. The third-order valence-corrected chi connectivity index (χ3v) is 5.21. The topological polar surface area (TPSA) is 43.3 Å². The molecule has 118 valence electrons. The maximum Gasteiger partial charge on any atom is 0.261 e. The van der Waals surface area contributed by atoms with Crippen molar-refractivity contribution >= 4 is 27.3 Å². The Morgan fingerprint density at radius 2 is 2.22 bits per heavy atom. The van der Waals surface area contributed by atoms with Gasteiger partial charge in [-0.3, -0.25) is 4.79 Å². The summed E-state index contributed by atoms with van der Waals surface area (Å²) in [6.07, 6.45) is 6.87. The molecule has 4 nitrogen and oxygen atoms in total. The van der Waals surface area contributed by atoms with Crippen LogP contribution < -0.4 is 10.1 Å². The van der Waals surface area contributed by atoms with Crippen LogP contribution in [0.25, 0.3) is 10.1 Å². The zero-order valence-corrected chi connectivity index (χ0v) is 13.7. The summed E-state index contributed by atoms with van der Waals surface area (Å²) in [7, 11) is 1.64. The second-order valence-corrected chi connectivity index (χ2v) is 6.98. The van der Waals surface area contributed by atoms with Crippen molar-refractivity contribution in [2.45, 2.75) is 25.4 Å². The molecule has 1 saturated carbocycles. The van der Waals surface area contributed by atoms with E-state index in [1.54, 1.807) is 18.4 Å². The molecule has 1 amide bonds. The average Bonchev–Trinajstić information content (AvgIpc) is 3.23. The van der Waals surface area contributed by atoms with E-state index in [4.69, 9.17) is 4.74 Å². The van der Waals surface area contributed by atoms with Crippen LogP contribution in [-0.2, 0) is 6.54 Å². The van der Waals surface area contributed by atoms with Crippen molar-refractivity contribution in [2.24, 2.45) is 0 Å². The van der Waals surface area contributed by atoms with E-state index in [1.807, 2.05) is 30.3 Å². The normalized spacial score (nSPS) is 14.1. The highest BCUT2D eigenvalue weighted by Gasteiger charge is 2.24. The molecule has 1 aliphatic carbocycles. The molecular formula is C18H18N2O2S. The van der Waals surface area contributed by atoms with Crippen molar-refractivity contribution < 1.29 is 9.53 Å². The summed E-state index contributed by atoms with van der Waals surface area (Å²) in [5.74, 6) is 0.781. The van der Waals surface area contributed by atoms with Crippen LogP contribution in [0.3, 0.4) is 0 Å². The van der Waals surface area contributed by atoms with Gasteiger partial charge in [0.05, 0.1) is 16.7 Å². The minimum Gasteiger partial charge on any atom is -0.497 e. The lowest BCUT2D eigenvalue weighted by Gasteiger charge is -2.06. The highest BCUT2D eigenvalue weighted by Crippen LogP contribution is 2.38.